The van der Waals surface area contributed by atoms with E-state index in [1.165, 1.54) is 19.3 Å². The van der Waals surface area contributed by atoms with Gasteiger partial charge in [-0.05, 0) is 32.6 Å². The highest BCUT2D eigenvalue weighted by Crippen LogP contribution is 2.28. The average molecular weight is 240 g/mol. The number of aryl methyl sites for hydroxylation is 1. The molecule has 0 radical (unpaired) electrons. The maximum Gasteiger partial charge on any atom is 0.134 e. The fourth-order valence-corrected chi connectivity index (χ4v) is 2.27. The van der Waals surface area contributed by atoms with E-state index >= 15 is 0 Å². The molecule has 0 aromatic carbocycles. The molecule has 0 spiro atoms. The van der Waals surface area contributed by atoms with E-state index in [-0.39, 0.29) is 0 Å². The van der Waals surface area contributed by atoms with Gasteiger partial charge >= 0.3 is 0 Å². The highest BCUT2D eigenvalue weighted by molar-refractivity contribution is 6.29. The zero-order chi connectivity index (χ0) is 11.5. The van der Waals surface area contributed by atoms with E-state index in [1.807, 2.05) is 13.0 Å². The molecular formula is C12H18ClN3. The van der Waals surface area contributed by atoms with E-state index in [0.29, 0.717) is 5.15 Å². The first kappa shape index (κ1) is 11.6. The van der Waals surface area contributed by atoms with Gasteiger partial charge in [-0.25, -0.2) is 9.97 Å². The van der Waals surface area contributed by atoms with Crippen molar-refractivity contribution in [2.45, 2.75) is 33.1 Å². The van der Waals surface area contributed by atoms with Crippen molar-refractivity contribution in [3.05, 3.63) is 17.0 Å². The van der Waals surface area contributed by atoms with Gasteiger partial charge in [-0.2, -0.15) is 0 Å². The summed E-state index contributed by atoms with van der Waals surface area (Å²) in [5, 5.41) is 0.537. The standard InChI is InChI=1S/C12H18ClN3/c1-3-16(8-10-5-4-6-10)12-7-11(13)14-9(2)15-12/h7,10H,3-6,8H2,1-2H3. The molecule has 1 fully saturated rings. The van der Waals surface area contributed by atoms with E-state index in [1.54, 1.807) is 0 Å². The number of hydrogen-bond acceptors (Lipinski definition) is 3. The molecule has 1 aliphatic rings. The Bertz CT molecular complexity index is 343. The molecule has 0 amide bonds. The van der Waals surface area contributed by atoms with Crippen LogP contribution in [0.2, 0.25) is 5.15 Å². The Morgan fingerprint density at radius 1 is 1.44 bits per heavy atom. The summed E-state index contributed by atoms with van der Waals surface area (Å²) in [7, 11) is 0. The molecule has 1 saturated carbocycles. The predicted molar refractivity (Wildman–Crippen MR) is 67.0 cm³/mol. The minimum absolute atomic E-state index is 0.537. The molecule has 88 valence electrons. The molecule has 1 aliphatic carbocycles. The monoisotopic (exact) mass is 239 g/mol. The first-order valence-electron chi connectivity index (χ1n) is 5.95. The quantitative estimate of drug-likeness (QED) is 0.757. The summed E-state index contributed by atoms with van der Waals surface area (Å²) in [6.07, 6.45) is 4.09. The Morgan fingerprint density at radius 3 is 2.69 bits per heavy atom. The minimum Gasteiger partial charge on any atom is -0.356 e. The minimum atomic E-state index is 0.537. The largest absolute Gasteiger partial charge is 0.356 e. The van der Waals surface area contributed by atoms with Gasteiger partial charge in [-0.15, -0.1) is 0 Å². The van der Waals surface area contributed by atoms with E-state index in [2.05, 4.69) is 21.8 Å². The third-order valence-electron chi connectivity index (χ3n) is 3.20. The lowest BCUT2D eigenvalue weighted by atomic mass is 9.85. The molecule has 0 N–H and O–H groups in total. The van der Waals surface area contributed by atoms with Crippen molar-refractivity contribution in [2.75, 3.05) is 18.0 Å². The number of aromatic nitrogens is 2. The third-order valence-corrected chi connectivity index (χ3v) is 3.40. The first-order chi connectivity index (χ1) is 7.69. The summed E-state index contributed by atoms with van der Waals surface area (Å²) >= 11 is 5.96. The van der Waals surface area contributed by atoms with Crippen LogP contribution in [0.15, 0.2) is 6.07 Å². The van der Waals surface area contributed by atoms with E-state index < -0.39 is 0 Å². The van der Waals surface area contributed by atoms with Gasteiger partial charge in [0, 0.05) is 19.2 Å². The molecule has 1 aromatic heterocycles. The molecule has 2 rings (SSSR count). The van der Waals surface area contributed by atoms with Crippen LogP contribution >= 0.6 is 11.6 Å². The fourth-order valence-electron chi connectivity index (χ4n) is 2.05. The van der Waals surface area contributed by atoms with Gasteiger partial charge in [0.15, 0.2) is 0 Å². The number of hydrogen-bond donors (Lipinski definition) is 0. The molecule has 4 heteroatoms. The highest BCUT2D eigenvalue weighted by Gasteiger charge is 2.21. The van der Waals surface area contributed by atoms with Crippen LogP contribution in [0, 0.1) is 12.8 Å². The summed E-state index contributed by atoms with van der Waals surface area (Å²) in [5.74, 6) is 2.55. The van der Waals surface area contributed by atoms with Crippen molar-refractivity contribution < 1.29 is 0 Å². The summed E-state index contributed by atoms with van der Waals surface area (Å²) < 4.78 is 0. The Balaban J connectivity index is 2.11. The van der Waals surface area contributed by atoms with Crippen LogP contribution in [0.3, 0.4) is 0 Å². The van der Waals surface area contributed by atoms with Crippen molar-refractivity contribution in [3.63, 3.8) is 0 Å². The molecule has 16 heavy (non-hydrogen) atoms. The molecular weight excluding hydrogens is 222 g/mol. The lowest BCUT2D eigenvalue weighted by molar-refractivity contribution is 0.318. The number of rotatable bonds is 4. The number of halogens is 1. The molecule has 1 heterocycles. The Morgan fingerprint density at radius 2 is 2.19 bits per heavy atom. The van der Waals surface area contributed by atoms with Crippen molar-refractivity contribution >= 4 is 17.4 Å². The molecule has 1 aromatic rings. The molecule has 0 aliphatic heterocycles. The molecule has 0 atom stereocenters. The fraction of sp³-hybridized carbons (Fsp3) is 0.667. The second-order valence-electron chi connectivity index (χ2n) is 4.43. The summed E-state index contributed by atoms with van der Waals surface area (Å²) in [6, 6.07) is 1.86. The van der Waals surface area contributed by atoms with Crippen LogP contribution < -0.4 is 4.90 Å². The van der Waals surface area contributed by atoms with Crippen molar-refractivity contribution in [2.24, 2.45) is 5.92 Å². The van der Waals surface area contributed by atoms with E-state index in [0.717, 1.165) is 30.6 Å². The Labute approximate surface area is 102 Å². The zero-order valence-electron chi connectivity index (χ0n) is 9.91. The van der Waals surface area contributed by atoms with Crippen molar-refractivity contribution in [3.8, 4) is 0 Å². The molecule has 0 bridgehead atoms. The molecule has 0 saturated heterocycles. The maximum atomic E-state index is 5.96. The second-order valence-corrected chi connectivity index (χ2v) is 4.82. The van der Waals surface area contributed by atoms with Crippen LogP contribution in [-0.2, 0) is 0 Å². The number of nitrogens with zero attached hydrogens (tertiary/aromatic N) is 3. The van der Waals surface area contributed by atoms with E-state index in [9.17, 15) is 0 Å². The van der Waals surface area contributed by atoms with Gasteiger partial charge in [-0.1, -0.05) is 18.0 Å². The van der Waals surface area contributed by atoms with Gasteiger partial charge in [0.1, 0.15) is 16.8 Å². The molecule has 3 nitrogen and oxygen atoms in total. The molecule has 0 unspecified atom stereocenters. The second kappa shape index (κ2) is 5.00. The van der Waals surface area contributed by atoms with Crippen LogP contribution in [0.5, 0.6) is 0 Å². The predicted octanol–water partition coefficient (Wildman–Crippen LogP) is 3.06. The first-order valence-corrected chi connectivity index (χ1v) is 6.33. The van der Waals surface area contributed by atoms with Gasteiger partial charge in [0.05, 0.1) is 0 Å². The van der Waals surface area contributed by atoms with Crippen LogP contribution in [0.25, 0.3) is 0 Å². The van der Waals surface area contributed by atoms with Crippen molar-refractivity contribution in [1.82, 2.24) is 9.97 Å². The van der Waals surface area contributed by atoms with Gasteiger partial charge < -0.3 is 4.90 Å². The topological polar surface area (TPSA) is 29.0 Å². The lowest BCUT2D eigenvalue weighted by Gasteiger charge is -2.32. The van der Waals surface area contributed by atoms with E-state index in [4.69, 9.17) is 11.6 Å². The number of anilines is 1. The summed E-state index contributed by atoms with van der Waals surface area (Å²) in [4.78, 5) is 10.8. The lowest BCUT2D eigenvalue weighted by Crippen LogP contribution is -2.33. The van der Waals surface area contributed by atoms with Crippen LogP contribution in [-0.4, -0.2) is 23.1 Å². The van der Waals surface area contributed by atoms with Gasteiger partial charge in [0.2, 0.25) is 0 Å². The summed E-state index contributed by atoms with van der Waals surface area (Å²) in [5.41, 5.74) is 0. The summed E-state index contributed by atoms with van der Waals surface area (Å²) in [6.45, 7) is 6.11. The average Bonchev–Trinajstić information content (AvgIpc) is 2.14. The maximum absolute atomic E-state index is 5.96. The normalized spacial score (nSPS) is 15.9. The van der Waals surface area contributed by atoms with Crippen molar-refractivity contribution in [1.29, 1.82) is 0 Å². The third kappa shape index (κ3) is 2.64. The zero-order valence-corrected chi connectivity index (χ0v) is 10.7. The van der Waals surface area contributed by atoms with Gasteiger partial charge in [-0.3, -0.25) is 0 Å². The smallest absolute Gasteiger partial charge is 0.134 e. The Hall–Kier alpha value is -0.830. The SMILES string of the molecule is CCN(CC1CCC1)c1cc(Cl)nc(C)n1. The Kier molecular flexibility index (Phi) is 3.64. The highest BCUT2D eigenvalue weighted by atomic mass is 35.5. The van der Waals surface area contributed by atoms with Gasteiger partial charge in [0.25, 0.3) is 0 Å². The van der Waals surface area contributed by atoms with Crippen LogP contribution in [0.1, 0.15) is 32.0 Å². The van der Waals surface area contributed by atoms with Crippen LogP contribution in [0.4, 0.5) is 5.82 Å².